The summed E-state index contributed by atoms with van der Waals surface area (Å²) in [5.74, 6) is 0.593. The Hall–Kier alpha value is -2.63. The van der Waals surface area contributed by atoms with Crippen molar-refractivity contribution in [3.63, 3.8) is 0 Å². The number of rotatable bonds is 4. The third-order valence-corrected chi connectivity index (χ3v) is 4.12. The Kier molecular flexibility index (Phi) is 5.39. The molecule has 6 nitrogen and oxygen atoms in total. The quantitative estimate of drug-likeness (QED) is 0.488. The first-order valence-electron chi connectivity index (χ1n) is 8.01. The first-order valence-corrected chi connectivity index (χ1v) is 8.01. The summed E-state index contributed by atoms with van der Waals surface area (Å²) in [5, 5.41) is 0. The molecule has 1 amide bonds. The summed E-state index contributed by atoms with van der Waals surface area (Å²) in [7, 11) is 3.47. The molecule has 6 heteroatoms. The molecule has 0 saturated heterocycles. The fraction of sp³-hybridized carbons (Fsp3) is 0.389. The van der Waals surface area contributed by atoms with Crippen LogP contribution >= 0.6 is 0 Å². The van der Waals surface area contributed by atoms with Gasteiger partial charge >= 0.3 is 0 Å². The minimum absolute atomic E-state index is 0.0701. The lowest BCUT2D eigenvalue weighted by molar-refractivity contribution is -0.126. The molecule has 24 heavy (non-hydrogen) atoms. The van der Waals surface area contributed by atoms with Gasteiger partial charge in [-0.1, -0.05) is 32.6 Å². The van der Waals surface area contributed by atoms with Gasteiger partial charge in [0.25, 0.3) is 5.91 Å². The zero-order chi connectivity index (χ0) is 17.9. The summed E-state index contributed by atoms with van der Waals surface area (Å²) in [5.41, 5.74) is 7.59. The molecule has 128 valence electrons. The molecule has 0 bridgehead atoms. The highest BCUT2D eigenvalue weighted by Gasteiger charge is 2.36. The fourth-order valence-electron chi connectivity index (χ4n) is 2.95. The van der Waals surface area contributed by atoms with Crippen LogP contribution in [0.15, 0.2) is 58.8 Å². The number of carbonyl (C=O) groups is 1. The Morgan fingerprint density at radius 2 is 2.04 bits per heavy atom. The van der Waals surface area contributed by atoms with E-state index in [1.807, 2.05) is 4.90 Å². The molecule has 1 aliphatic heterocycles. The van der Waals surface area contributed by atoms with Gasteiger partial charge in [0.1, 0.15) is 11.5 Å². The maximum Gasteiger partial charge on any atom is 0.270 e. The molecule has 1 fully saturated rings. The Labute approximate surface area is 143 Å². The van der Waals surface area contributed by atoms with Crippen LogP contribution in [0.4, 0.5) is 0 Å². The first-order chi connectivity index (χ1) is 11.3. The highest BCUT2D eigenvalue weighted by atomic mass is 16.2. The van der Waals surface area contributed by atoms with Crippen LogP contribution < -0.4 is 5.73 Å². The topological polar surface area (TPSA) is 74.3 Å². The van der Waals surface area contributed by atoms with Crippen LogP contribution in [-0.2, 0) is 4.79 Å². The molecular weight excluding hydrogens is 302 g/mol. The highest BCUT2D eigenvalue weighted by Crippen LogP contribution is 2.33. The van der Waals surface area contributed by atoms with Crippen molar-refractivity contribution in [2.24, 2.45) is 15.7 Å². The van der Waals surface area contributed by atoms with Crippen molar-refractivity contribution in [2.75, 3.05) is 14.1 Å². The Morgan fingerprint density at radius 1 is 1.42 bits per heavy atom. The van der Waals surface area contributed by atoms with Gasteiger partial charge < -0.3 is 15.5 Å². The molecule has 2 rings (SSSR count). The summed E-state index contributed by atoms with van der Waals surface area (Å²) in [6.45, 7) is 11.3. The van der Waals surface area contributed by atoms with E-state index in [0.29, 0.717) is 22.8 Å². The summed E-state index contributed by atoms with van der Waals surface area (Å²) in [6.07, 6.45) is 7.59. The number of hydrogen-bond acceptors (Lipinski definition) is 2. The van der Waals surface area contributed by atoms with Crippen molar-refractivity contribution >= 4 is 17.7 Å². The Balaban J connectivity index is 2.41. The first kappa shape index (κ1) is 17.7. The average Bonchev–Trinajstić information content (AvgIpc) is 3.15. The second-order valence-corrected chi connectivity index (χ2v) is 6.16. The van der Waals surface area contributed by atoms with E-state index in [9.17, 15) is 4.79 Å². The molecule has 1 aliphatic carbocycles. The average molecular weight is 327 g/mol. The normalized spacial score (nSPS) is 20.5. The number of guanidine groups is 1. The number of hydrogen-bond donors (Lipinski definition) is 1. The summed E-state index contributed by atoms with van der Waals surface area (Å²) < 4.78 is 0. The standard InChI is InChI=1S/C18H25N5O/c1-6-13(3)20-18(19)21-16-12(2)11-15(17(24)22(4)5)23(16)14-9-7-8-10-14/h6,11,14H,1-3,7-10H2,4-5H3,(H2,19,20)/b21-16+. The van der Waals surface area contributed by atoms with Crippen molar-refractivity contribution in [1.29, 1.82) is 0 Å². The van der Waals surface area contributed by atoms with E-state index < -0.39 is 0 Å². The summed E-state index contributed by atoms with van der Waals surface area (Å²) in [6, 6.07) is 0.230. The lowest BCUT2D eigenvalue weighted by atomic mass is 10.2. The fourth-order valence-corrected chi connectivity index (χ4v) is 2.95. The van der Waals surface area contributed by atoms with E-state index in [2.05, 4.69) is 29.7 Å². The van der Waals surface area contributed by atoms with Crippen LogP contribution in [0.1, 0.15) is 25.7 Å². The Morgan fingerprint density at radius 3 is 2.58 bits per heavy atom. The Bertz CT molecular complexity index is 663. The van der Waals surface area contributed by atoms with Crippen LogP contribution in [0.5, 0.6) is 0 Å². The van der Waals surface area contributed by atoms with Gasteiger partial charge in [0.05, 0.1) is 5.70 Å². The zero-order valence-corrected chi connectivity index (χ0v) is 14.5. The number of amides is 1. The maximum absolute atomic E-state index is 12.5. The van der Waals surface area contributed by atoms with Crippen LogP contribution in [0.2, 0.25) is 0 Å². The molecule has 0 aromatic heterocycles. The second-order valence-electron chi connectivity index (χ2n) is 6.16. The predicted octanol–water partition coefficient (Wildman–Crippen LogP) is 2.19. The van der Waals surface area contributed by atoms with E-state index >= 15 is 0 Å². The molecule has 0 aromatic rings. The lowest BCUT2D eigenvalue weighted by Gasteiger charge is -2.30. The predicted molar refractivity (Wildman–Crippen MR) is 98.4 cm³/mol. The largest absolute Gasteiger partial charge is 0.368 e. The van der Waals surface area contributed by atoms with Crippen LogP contribution in [0, 0.1) is 0 Å². The molecule has 0 spiro atoms. The minimum atomic E-state index is -0.0701. The minimum Gasteiger partial charge on any atom is -0.368 e. The highest BCUT2D eigenvalue weighted by molar-refractivity contribution is 6.14. The van der Waals surface area contributed by atoms with Crippen LogP contribution in [-0.4, -0.2) is 47.6 Å². The van der Waals surface area contributed by atoms with Gasteiger partial charge in [-0.05, 0) is 25.0 Å². The third kappa shape index (κ3) is 3.64. The maximum atomic E-state index is 12.5. The molecule has 1 saturated carbocycles. The number of likely N-dealkylation sites (N-methyl/N-ethyl adjacent to an activating group) is 1. The van der Waals surface area contributed by atoms with E-state index in [-0.39, 0.29) is 17.9 Å². The van der Waals surface area contributed by atoms with Gasteiger partial charge in [-0.2, -0.15) is 4.99 Å². The van der Waals surface area contributed by atoms with E-state index in [1.54, 1.807) is 25.1 Å². The molecular formula is C18H25N5O. The molecule has 1 heterocycles. The molecule has 2 aliphatic rings. The SMILES string of the molecule is C=CC(=C)N=C(N)/N=C1\C(=C)C=C(C(=O)N(C)C)N1C1CCCC1. The molecule has 0 aromatic carbocycles. The third-order valence-electron chi connectivity index (χ3n) is 4.12. The molecule has 0 unspecified atom stereocenters. The van der Waals surface area contributed by atoms with E-state index in [1.165, 1.54) is 6.08 Å². The van der Waals surface area contributed by atoms with Gasteiger partial charge in [0, 0.05) is 25.7 Å². The van der Waals surface area contributed by atoms with Gasteiger partial charge in [-0.3, -0.25) is 4.79 Å². The number of aliphatic imine (C=N–C) groups is 2. The van der Waals surface area contributed by atoms with Gasteiger partial charge in [0.15, 0.2) is 0 Å². The van der Waals surface area contributed by atoms with Gasteiger partial charge in [-0.15, -0.1) is 0 Å². The van der Waals surface area contributed by atoms with Gasteiger partial charge in [-0.25, -0.2) is 4.99 Å². The summed E-state index contributed by atoms with van der Waals surface area (Å²) >= 11 is 0. The number of carbonyl (C=O) groups excluding carboxylic acids is 1. The van der Waals surface area contributed by atoms with Crippen LogP contribution in [0.25, 0.3) is 0 Å². The second kappa shape index (κ2) is 7.29. The number of nitrogens with zero attached hydrogens (tertiary/aromatic N) is 4. The van der Waals surface area contributed by atoms with Gasteiger partial charge in [0.2, 0.25) is 5.96 Å². The molecule has 0 atom stereocenters. The number of nitrogens with two attached hydrogens (primary N) is 1. The van der Waals surface area contributed by atoms with E-state index in [0.717, 1.165) is 25.7 Å². The van der Waals surface area contributed by atoms with Crippen molar-refractivity contribution in [1.82, 2.24) is 9.80 Å². The number of allylic oxidation sites excluding steroid dienone is 1. The molecule has 0 radical (unpaired) electrons. The lowest BCUT2D eigenvalue weighted by Crippen LogP contribution is -2.41. The smallest absolute Gasteiger partial charge is 0.270 e. The monoisotopic (exact) mass is 327 g/mol. The van der Waals surface area contributed by atoms with E-state index in [4.69, 9.17) is 5.73 Å². The van der Waals surface area contributed by atoms with Crippen molar-refractivity contribution < 1.29 is 4.79 Å². The number of amidine groups is 1. The van der Waals surface area contributed by atoms with Crippen molar-refractivity contribution in [2.45, 2.75) is 31.7 Å². The van der Waals surface area contributed by atoms with Crippen LogP contribution in [0.3, 0.4) is 0 Å². The van der Waals surface area contributed by atoms with Crippen molar-refractivity contribution in [3.05, 3.63) is 48.9 Å². The summed E-state index contributed by atoms with van der Waals surface area (Å²) in [4.78, 5) is 24.5. The zero-order valence-electron chi connectivity index (χ0n) is 14.5. The van der Waals surface area contributed by atoms with Crippen molar-refractivity contribution in [3.8, 4) is 0 Å². The molecule has 2 N–H and O–H groups in total.